The van der Waals surface area contributed by atoms with E-state index < -0.39 is 0 Å². The highest BCUT2D eigenvalue weighted by Gasteiger charge is 2.29. The summed E-state index contributed by atoms with van der Waals surface area (Å²) in [5.74, 6) is 2.76. The van der Waals surface area contributed by atoms with Gasteiger partial charge >= 0.3 is 0 Å². The zero-order valence-corrected chi connectivity index (χ0v) is 14.2. The maximum atomic E-state index is 5.35. The minimum atomic E-state index is 0.501. The third-order valence-corrected chi connectivity index (χ3v) is 5.04. The molecular formula is C18H25N5O. The largest absolute Gasteiger partial charge is 0.338 e. The Kier molecular flexibility index (Phi) is 4.58. The minimum Gasteiger partial charge on any atom is -0.338 e. The van der Waals surface area contributed by atoms with E-state index >= 15 is 0 Å². The predicted molar refractivity (Wildman–Crippen MR) is 90.2 cm³/mol. The van der Waals surface area contributed by atoms with E-state index in [4.69, 9.17) is 4.52 Å². The van der Waals surface area contributed by atoms with E-state index in [1.165, 1.54) is 12.8 Å². The van der Waals surface area contributed by atoms with Crippen LogP contribution >= 0.6 is 0 Å². The molecule has 0 spiro atoms. The molecule has 128 valence electrons. The Balaban J connectivity index is 1.25. The normalized spacial score (nSPS) is 25.0. The van der Waals surface area contributed by atoms with Crippen molar-refractivity contribution in [1.82, 2.24) is 25.3 Å². The summed E-state index contributed by atoms with van der Waals surface area (Å²) < 4.78 is 5.35. The zero-order chi connectivity index (χ0) is 16.4. The Morgan fingerprint density at radius 2 is 2.21 bits per heavy atom. The van der Waals surface area contributed by atoms with Gasteiger partial charge in [0, 0.05) is 37.8 Å². The number of nitrogens with zero attached hydrogens (tertiary/aromatic N) is 4. The molecule has 0 amide bonds. The van der Waals surface area contributed by atoms with E-state index in [0.29, 0.717) is 24.4 Å². The summed E-state index contributed by atoms with van der Waals surface area (Å²) in [6, 6.07) is 6.62. The number of hydrogen-bond donors (Lipinski definition) is 1. The predicted octanol–water partition coefficient (Wildman–Crippen LogP) is 2.34. The molecule has 0 bridgehead atoms. The molecule has 0 aromatic carbocycles. The van der Waals surface area contributed by atoms with Crippen molar-refractivity contribution in [1.29, 1.82) is 0 Å². The Labute approximate surface area is 142 Å². The van der Waals surface area contributed by atoms with Gasteiger partial charge in [0.05, 0.1) is 12.2 Å². The topological polar surface area (TPSA) is 67.1 Å². The van der Waals surface area contributed by atoms with Gasteiger partial charge in [-0.05, 0) is 37.3 Å². The molecule has 1 aliphatic carbocycles. The lowest BCUT2D eigenvalue weighted by Gasteiger charge is -2.37. The SMILES string of the molecule is CC1CN(Cc2ccccn2)CCC1NCc1nc(C2CC2)no1. The van der Waals surface area contributed by atoms with Crippen molar-refractivity contribution < 1.29 is 4.52 Å². The summed E-state index contributed by atoms with van der Waals surface area (Å²) in [4.78, 5) is 11.4. The number of hydrogen-bond acceptors (Lipinski definition) is 6. The number of pyridine rings is 1. The molecule has 0 radical (unpaired) electrons. The fourth-order valence-corrected chi connectivity index (χ4v) is 3.47. The van der Waals surface area contributed by atoms with Crippen LogP contribution in [-0.2, 0) is 13.1 Å². The maximum absolute atomic E-state index is 5.35. The van der Waals surface area contributed by atoms with Gasteiger partial charge in [-0.15, -0.1) is 0 Å². The van der Waals surface area contributed by atoms with Crippen LogP contribution in [0.4, 0.5) is 0 Å². The van der Waals surface area contributed by atoms with E-state index in [9.17, 15) is 0 Å². The van der Waals surface area contributed by atoms with Gasteiger partial charge in [0.1, 0.15) is 0 Å². The van der Waals surface area contributed by atoms with E-state index in [0.717, 1.165) is 43.5 Å². The first-order valence-electron chi connectivity index (χ1n) is 8.96. The van der Waals surface area contributed by atoms with Gasteiger partial charge in [0.25, 0.3) is 0 Å². The van der Waals surface area contributed by atoms with Crippen LogP contribution in [0.5, 0.6) is 0 Å². The average Bonchev–Trinajstić information content (AvgIpc) is 3.34. The van der Waals surface area contributed by atoms with Crippen molar-refractivity contribution in [2.75, 3.05) is 13.1 Å². The van der Waals surface area contributed by atoms with Gasteiger partial charge in [-0.25, -0.2) is 0 Å². The standard InChI is InChI=1S/C18H25N5O/c1-13-11-23(12-15-4-2-3-8-19-15)9-7-16(13)20-10-17-21-18(22-24-17)14-5-6-14/h2-4,8,13-14,16,20H,5-7,9-12H2,1H3. The summed E-state index contributed by atoms with van der Waals surface area (Å²) in [6.45, 7) is 6.11. The van der Waals surface area contributed by atoms with Crippen molar-refractivity contribution in [2.24, 2.45) is 5.92 Å². The van der Waals surface area contributed by atoms with E-state index in [-0.39, 0.29) is 0 Å². The Hall–Kier alpha value is -1.79. The first kappa shape index (κ1) is 15.7. The Bertz CT molecular complexity index is 654. The van der Waals surface area contributed by atoms with Gasteiger partial charge in [-0.2, -0.15) is 4.98 Å². The molecule has 6 nitrogen and oxygen atoms in total. The number of nitrogens with one attached hydrogen (secondary N) is 1. The van der Waals surface area contributed by atoms with Crippen LogP contribution in [0.3, 0.4) is 0 Å². The highest BCUT2D eigenvalue weighted by atomic mass is 16.5. The smallest absolute Gasteiger partial charge is 0.240 e. The molecule has 24 heavy (non-hydrogen) atoms. The second-order valence-electron chi connectivity index (χ2n) is 7.13. The third-order valence-electron chi connectivity index (χ3n) is 5.04. The Morgan fingerprint density at radius 1 is 1.29 bits per heavy atom. The van der Waals surface area contributed by atoms with Crippen LogP contribution < -0.4 is 5.32 Å². The molecular weight excluding hydrogens is 302 g/mol. The van der Waals surface area contributed by atoms with Crippen molar-refractivity contribution in [3.63, 3.8) is 0 Å². The van der Waals surface area contributed by atoms with Crippen LogP contribution in [-0.4, -0.2) is 39.2 Å². The minimum absolute atomic E-state index is 0.501. The lowest BCUT2D eigenvalue weighted by atomic mass is 9.93. The van der Waals surface area contributed by atoms with Crippen molar-refractivity contribution in [2.45, 2.75) is 51.2 Å². The fourth-order valence-electron chi connectivity index (χ4n) is 3.47. The van der Waals surface area contributed by atoms with Crippen LogP contribution in [0.25, 0.3) is 0 Å². The average molecular weight is 327 g/mol. The van der Waals surface area contributed by atoms with E-state index in [1.54, 1.807) is 0 Å². The summed E-state index contributed by atoms with van der Waals surface area (Å²) in [6.07, 6.45) is 5.42. The summed E-state index contributed by atoms with van der Waals surface area (Å²) in [7, 11) is 0. The number of piperidine rings is 1. The van der Waals surface area contributed by atoms with Crippen LogP contribution in [0.1, 0.15) is 49.5 Å². The van der Waals surface area contributed by atoms with Gasteiger partial charge in [0.2, 0.25) is 5.89 Å². The number of rotatable bonds is 6. The molecule has 2 aliphatic rings. The highest BCUT2D eigenvalue weighted by molar-refractivity contribution is 5.04. The van der Waals surface area contributed by atoms with E-state index in [1.807, 2.05) is 12.3 Å². The van der Waals surface area contributed by atoms with Gasteiger partial charge < -0.3 is 9.84 Å². The summed E-state index contributed by atoms with van der Waals surface area (Å²) in [5, 5.41) is 7.68. The molecule has 2 fully saturated rings. The first-order chi connectivity index (χ1) is 11.8. The molecule has 1 N–H and O–H groups in total. The zero-order valence-electron chi connectivity index (χ0n) is 14.2. The van der Waals surface area contributed by atoms with Crippen LogP contribution in [0.2, 0.25) is 0 Å². The van der Waals surface area contributed by atoms with Gasteiger partial charge in [-0.1, -0.05) is 18.1 Å². The number of aromatic nitrogens is 3. The quantitative estimate of drug-likeness (QED) is 0.878. The molecule has 3 heterocycles. The lowest BCUT2D eigenvalue weighted by Crippen LogP contribution is -2.47. The fraction of sp³-hybridized carbons (Fsp3) is 0.611. The van der Waals surface area contributed by atoms with Gasteiger partial charge in [0.15, 0.2) is 5.82 Å². The van der Waals surface area contributed by atoms with E-state index in [2.05, 4.69) is 44.4 Å². The molecule has 4 rings (SSSR count). The highest BCUT2D eigenvalue weighted by Crippen LogP contribution is 2.38. The molecule has 2 atom stereocenters. The Morgan fingerprint density at radius 3 is 2.96 bits per heavy atom. The van der Waals surface area contributed by atoms with Crippen molar-refractivity contribution in [3.8, 4) is 0 Å². The first-order valence-corrected chi connectivity index (χ1v) is 8.96. The number of likely N-dealkylation sites (tertiary alicyclic amines) is 1. The monoisotopic (exact) mass is 327 g/mol. The summed E-state index contributed by atoms with van der Waals surface area (Å²) >= 11 is 0. The molecule has 6 heteroatoms. The molecule has 2 aromatic heterocycles. The lowest BCUT2D eigenvalue weighted by molar-refractivity contribution is 0.137. The van der Waals surface area contributed by atoms with Crippen molar-refractivity contribution >= 4 is 0 Å². The van der Waals surface area contributed by atoms with Gasteiger partial charge in [-0.3, -0.25) is 9.88 Å². The van der Waals surface area contributed by atoms with Crippen LogP contribution in [0.15, 0.2) is 28.9 Å². The van der Waals surface area contributed by atoms with Crippen LogP contribution in [0, 0.1) is 5.92 Å². The van der Waals surface area contributed by atoms with Crippen molar-refractivity contribution in [3.05, 3.63) is 41.8 Å². The second kappa shape index (κ2) is 6.99. The maximum Gasteiger partial charge on any atom is 0.240 e. The molecule has 1 saturated carbocycles. The molecule has 1 aliphatic heterocycles. The molecule has 2 aromatic rings. The molecule has 2 unspecified atom stereocenters. The molecule has 1 saturated heterocycles. The second-order valence-corrected chi connectivity index (χ2v) is 7.13. The third kappa shape index (κ3) is 3.82. The summed E-state index contributed by atoms with van der Waals surface area (Å²) in [5.41, 5.74) is 1.15.